The van der Waals surface area contributed by atoms with Gasteiger partial charge in [0, 0.05) is 31.4 Å². The van der Waals surface area contributed by atoms with Crippen molar-refractivity contribution in [2.75, 3.05) is 6.54 Å². The number of hydrogen-bond acceptors (Lipinski definition) is 3. The summed E-state index contributed by atoms with van der Waals surface area (Å²) in [5, 5.41) is 3.37. The van der Waals surface area contributed by atoms with Crippen LogP contribution in [-0.4, -0.2) is 17.4 Å². The summed E-state index contributed by atoms with van der Waals surface area (Å²) in [5.41, 5.74) is 2.28. The Morgan fingerprint density at radius 3 is 2.93 bits per heavy atom. The lowest BCUT2D eigenvalue weighted by molar-refractivity contribution is 0.706. The monoisotopic (exact) mass is 203 g/mol. The number of amidine groups is 1. The maximum absolute atomic E-state index is 4.45. The van der Waals surface area contributed by atoms with Gasteiger partial charge in [0.2, 0.25) is 0 Å². The second-order valence-corrected chi connectivity index (χ2v) is 3.95. The van der Waals surface area contributed by atoms with Crippen molar-refractivity contribution in [1.82, 2.24) is 10.3 Å². The van der Waals surface area contributed by atoms with E-state index in [1.54, 1.807) is 0 Å². The van der Waals surface area contributed by atoms with E-state index in [-0.39, 0.29) is 0 Å². The summed E-state index contributed by atoms with van der Waals surface area (Å²) in [5.74, 6) is 1.15. The van der Waals surface area contributed by atoms with Gasteiger partial charge in [0.15, 0.2) is 0 Å². The molecule has 3 heteroatoms. The topological polar surface area (TPSA) is 37.3 Å². The number of aryl methyl sites for hydroxylation is 1. The zero-order valence-corrected chi connectivity index (χ0v) is 9.16. The van der Waals surface area contributed by atoms with Gasteiger partial charge in [-0.2, -0.15) is 0 Å². The molecule has 0 atom stereocenters. The molecule has 2 rings (SSSR count). The van der Waals surface area contributed by atoms with Crippen LogP contribution in [0.4, 0.5) is 0 Å². The molecule has 0 bridgehead atoms. The Labute approximate surface area is 90.6 Å². The molecule has 1 N–H and O–H groups in total. The van der Waals surface area contributed by atoms with Crippen molar-refractivity contribution < 1.29 is 0 Å². The van der Waals surface area contributed by atoms with E-state index in [4.69, 9.17) is 0 Å². The standard InChI is InChI=1S/C12H17N3/c1-10-5-6-11(8-14-10)9-15-12-4-2-3-7-13-12/h5-6,8H,2-4,7,9H2,1H3,(H,13,15). The van der Waals surface area contributed by atoms with E-state index in [0.29, 0.717) is 0 Å². The lowest BCUT2D eigenvalue weighted by Gasteiger charge is -2.13. The average molecular weight is 203 g/mol. The second-order valence-electron chi connectivity index (χ2n) is 3.95. The normalized spacial score (nSPS) is 15.9. The van der Waals surface area contributed by atoms with Crippen molar-refractivity contribution >= 4 is 5.84 Å². The van der Waals surface area contributed by atoms with E-state index >= 15 is 0 Å². The van der Waals surface area contributed by atoms with Crippen LogP contribution in [0.1, 0.15) is 30.5 Å². The molecule has 1 aliphatic heterocycles. The summed E-state index contributed by atoms with van der Waals surface area (Å²) in [6.07, 6.45) is 5.51. The van der Waals surface area contributed by atoms with Gasteiger partial charge in [-0.25, -0.2) is 0 Å². The number of rotatable bonds is 2. The molecular weight excluding hydrogens is 186 g/mol. The molecule has 0 amide bonds. The number of aliphatic imine (C=N–C) groups is 1. The Morgan fingerprint density at radius 1 is 1.33 bits per heavy atom. The highest BCUT2D eigenvalue weighted by molar-refractivity contribution is 5.82. The van der Waals surface area contributed by atoms with E-state index in [0.717, 1.165) is 31.0 Å². The minimum absolute atomic E-state index is 0.839. The highest BCUT2D eigenvalue weighted by Crippen LogP contribution is 2.05. The zero-order valence-electron chi connectivity index (χ0n) is 9.16. The van der Waals surface area contributed by atoms with Crippen LogP contribution in [0, 0.1) is 6.92 Å². The van der Waals surface area contributed by atoms with Gasteiger partial charge in [-0.1, -0.05) is 6.07 Å². The van der Waals surface area contributed by atoms with Crippen molar-refractivity contribution in [3.8, 4) is 0 Å². The van der Waals surface area contributed by atoms with Gasteiger partial charge in [-0.15, -0.1) is 0 Å². The minimum atomic E-state index is 0.839. The van der Waals surface area contributed by atoms with Crippen molar-refractivity contribution in [1.29, 1.82) is 0 Å². The Balaban J connectivity index is 1.87. The third kappa shape index (κ3) is 3.05. The lowest BCUT2D eigenvalue weighted by Crippen LogP contribution is -2.25. The molecule has 1 aromatic rings. The van der Waals surface area contributed by atoms with E-state index in [2.05, 4.69) is 21.4 Å². The van der Waals surface area contributed by atoms with Crippen LogP contribution >= 0.6 is 0 Å². The minimum Gasteiger partial charge on any atom is -0.370 e. The molecule has 3 nitrogen and oxygen atoms in total. The molecule has 1 aromatic heterocycles. The first-order chi connectivity index (χ1) is 7.34. The number of aromatic nitrogens is 1. The fraction of sp³-hybridized carbons (Fsp3) is 0.500. The number of hydrogen-bond donors (Lipinski definition) is 1. The third-order valence-corrected chi connectivity index (χ3v) is 2.59. The lowest BCUT2D eigenvalue weighted by atomic mass is 10.2. The van der Waals surface area contributed by atoms with Crippen molar-refractivity contribution in [3.63, 3.8) is 0 Å². The first kappa shape index (κ1) is 10.1. The largest absolute Gasteiger partial charge is 0.370 e. The molecule has 15 heavy (non-hydrogen) atoms. The van der Waals surface area contributed by atoms with Crippen LogP contribution in [0.3, 0.4) is 0 Å². The Hall–Kier alpha value is -1.38. The predicted octanol–water partition coefficient (Wildman–Crippen LogP) is 2.06. The maximum atomic E-state index is 4.45. The quantitative estimate of drug-likeness (QED) is 0.799. The molecule has 0 saturated heterocycles. The smallest absolute Gasteiger partial charge is 0.0965 e. The first-order valence-electron chi connectivity index (χ1n) is 5.53. The highest BCUT2D eigenvalue weighted by Gasteiger charge is 2.03. The second kappa shape index (κ2) is 4.91. The van der Waals surface area contributed by atoms with Crippen molar-refractivity contribution in [3.05, 3.63) is 29.6 Å². The molecule has 0 radical (unpaired) electrons. The molecule has 0 spiro atoms. The van der Waals surface area contributed by atoms with Crippen LogP contribution in [-0.2, 0) is 6.54 Å². The van der Waals surface area contributed by atoms with Crippen molar-refractivity contribution in [2.24, 2.45) is 4.99 Å². The first-order valence-corrected chi connectivity index (χ1v) is 5.53. The zero-order chi connectivity index (χ0) is 10.5. The molecule has 0 fully saturated rings. The van der Waals surface area contributed by atoms with E-state index in [1.165, 1.54) is 18.4 Å². The van der Waals surface area contributed by atoms with Crippen LogP contribution < -0.4 is 5.32 Å². The SMILES string of the molecule is Cc1ccc(CNC2=NCCCC2)cn1. The van der Waals surface area contributed by atoms with Crippen LogP contribution in [0.5, 0.6) is 0 Å². The predicted molar refractivity (Wildman–Crippen MR) is 62.0 cm³/mol. The summed E-state index contributed by atoms with van der Waals surface area (Å²) >= 11 is 0. The summed E-state index contributed by atoms with van der Waals surface area (Å²) in [6, 6.07) is 4.15. The molecule has 0 unspecified atom stereocenters. The fourth-order valence-corrected chi connectivity index (χ4v) is 1.65. The fourth-order valence-electron chi connectivity index (χ4n) is 1.65. The van der Waals surface area contributed by atoms with Gasteiger partial charge in [0.1, 0.15) is 0 Å². The number of pyridine rings is 1. The molecule has 0 aromatic carbocycles. The molecule has 0 saturated carbocycles. The number of nitrogens with zero attached hydrogens (tertiary/aromatic N) is 2. The van der Waals surface area contributed by atoms with Crippen molar-refractivity contribution in [2.45, 2.75) is 32.7 Å². The molecule has 2 heterocycles. The maximum Gasteiger partial charge on any atom is 0.0965 e. The summed E-state index contributed by atoms with van der Waals surface area (Å²) in [4.78, 5) is 8.71. The summed E-state index contributed by atoms with van der Waals surface area (Å²) < 4.78 is 0. The third-order valence-electron chi connectivity index (χ3n) is 2.59. The van der Waals surface area contributed by atoms with E-state index < -0.39 is 0 Å². The van der Waals surface area contributed by atoms with Gasteiger partial charge < -0.3 is 5.32 Å². The molecule has 80 valence electrons. The molecule has 1 aliphatic rings. The van der Waals surface area contributed by atoms with Gasteiger partial charge >= 0.3 is 0 Å². The van der Waals surface area contributed by atoms with Gasteiger partial charge in [0.25, 0.3) is 0 Å². The van der Waals surface area contributed by atoms with Crippen LogP contribution in [0.2, 0.25) is 0 Å². The Kier molecular flexibility index (Phi) is 3.33. The van der Waals surface area contributed by atoms with E-state index in [1.807, 2.05) is 19.2 Å². The summed E-state index contributed by atoms with van der Waals surface area (Å²) in [6.45, 7) is 3.82. The van der Waals surface area contributed by atoms with Gasteiger partial charge in [0.05, 0.1) is 5.84 Å². The Morgan fingerprint density at radius 2 is 2.27 bits per heavy atom. The van der Waals surface area contributed by atoms with Gasteiger partial charge in [-0.3, -0.25) is 9.98 Å². The average Bonchev–Trinajstić information content (AvgIpc) is 2.30. The summed E-state index contributed by atoms with van der Waals surface area (Å²) in [7, 11) is 0. The van der Waals surface area contributed by atoms with Crippen LogP contribution in [0.25, 0.3) is 0 Å². The molecule has 0 aliphatic carbocycles. The van der Waals surface area contributed by atoms with Crippen LogP contribution in [0.15, 0.2) is 23.3 Å². The highest BCUT2D eigenvalue weighted by atomic mass is 15.0. The van der Waals surface area contributed by atoms with Gasteiger partial charge in [-0.05, 0) is 31.4 Å². The molecular formula is C12H17N3. The Bertz CT molecular complexity index is 340. The number of nitrogens with one attached hydrogen (secondary N) is 1. The van der Waals surface area contributed by atoms with E-state index in [9.17, 15) is 0 Å².